The molecule has 26 heavy (non-hydrogen) atoms. The maximum atomic E-state index is 13.7. The van der Waals surface area contributed by atoms with Gasteiger partial charge in [0, 0.05) is 0 Å². The van der Waals surface area contributed by atoms with E-state index in [0.29, 0.717) is 11.6 Å². The van der Waals surface area contributed by atoms with Crippen LogP contribution in [0.5, 0.6) is 0 Å². The van der Waals surface area contributed by atoms with Crippen LogP contribution >= 0.6 is 0 Å². The summed E-state index contributed by atoms with van der Waals surface area (Å²) in [5, 5.41) is 0. The van der Waals surface area contributed by atoms with E-state index in [-0.39, 0.29) is 8.63 Å². The van der Waals surface area contributed by atoms with Crippen molar-refractivity contribution in [3.05, 3.63) is 42.0 Å². The van der Waals surface area contributed by atoms with Gasteiger partial charge in [-0.15, -0.1) is 0 Å². The van der Waals surface area contributed by atoms with Gasteiger partial charge in [-0.1, -0.05) is 0 Å². The monoisotopic (exact) mass is 386 g/mol. The molecule has 0 amide bonds. The third-order valence-electron chi connectivity index (χ3n) is 17.3. The Kier molecular flexibility index (Phi) is 0.579. The molecule has 0 N–H and O–H groups in total. The Bertz CT molecular complexity index is 1480. The summed E-state index contributed by atoms with van der Waals surface area (Å²) in [7, 11) is 0. The van der Waals surface area contributed by atoms with E-state index in [1.165, 1.54) is 0 Å². The molecular formula is C23H22FeO2. The molecule has 0 aromatic heterocycles. The van der Waals surface area contributed by atoms with Gasteiger partial charge in [-0.2, -0.15) is 0 Å². The molecular weight excluding hydrogens is 364 g/mol. The summed E-state index contributed by atoms with van der Waals surface area (Å²) in [5.74, 6) is 1.17. The molecule has 10 aliphatic heterocycles. The first-order valence-electron chi connectivity index (χ1n) is 10.4. The molecule has 8 atom stereocenters. The zero-order chi connectivity index (χ0) is 17.0. The number of carbonyl (C=O) groups is 2. The fourth-order valence-electron chi connectivity index (χ4n) is 19.3. The van der Waals surface area contributed by atoms with Crippen LogP contribution in [0.1, 0.15) is 25.3 Å². The molecule has 11 rings (SSSR count). The van der Waals surface area contributed by atoms with Crippen molar-refractivity contribution in [3.8, 4) is 0 Å². The zero-order valence-electron chi connectivity index (χ0n) is 14.7. The quantitative estimate of drug-likeness (QED) is 0.460. The van der Waals surface area contributed by atoms with Gasteiger partial charge in [-0.05, 0) is 0 Å². The third-order valence-corrected chi connectivity index (χ3v) is 60.1. The fraction of sp³-hybridized carbons (Fsp3) is 0.565. The van der Waals surface area contributed by atoms with Crippen molar-refractivity contribution in [3.63, 3.8) is 0 Å². The Hall–Kier alpha value is -1.18. The Morgan fingerprint density at radius 2 is 1.54 bits per heavy atom. The van der Waals surface area contributed by atoms with Gasteiger partial charge in [0.25, 0.3) is 0 Å². The van der Waals surface area contributed by atoms with Gasteiger partial charge < -0.3 is 0 Å². The first-order chi connectivity index (χ1) is 12.4. The summed E-state index contributed by atoms with van der Waals surface area (Å²) >= 11 is 0. The van der Waals surface area contributed by atoms with Crippen LogP contribution in [0.2, 0.25) is 47.2 Å². The molecule has 0 aliphatic carbocycles. The molecule has 1 aromatic rings. The van der Waals surface area contributed by atoms with Gasteiger partial charge in [-0.3, -0.25) is 0 Å². The van der Waals surface area contributed by atoms with E-state index < -0.39 is 6.51 Å². The first-order valence-corrected chi connectivity index (χ1v) is 16.6. The summed E-state index contributed by atoms with van der Waals surface area (Å²) in [6.07, 6.45) is 5.81. The molecule has 1 aromatic carbocycles. The number of ketones is 2. The van der Waals surface area contributed by atoms with E-state index in [1.807, 2.05) is 24.3 Å². The number of fused-ring (bicyclic) bond motifs is 10. The van der Waals surface area contributed by atoms with Crippen LogP contribution in [0, 0.1) is 0 Å². The van der Waals surface area contributed by atoms with Crippen LogP contribution in [-0.2, 0) is 16.1 Å². The van der Waals surface area contributed by atoms with Crippen molar-refractivity contribution >= 4 is 17.6 Å². The van der Waals surface area contributed by atoms with Gasteiger partial charge in [0.05, 0.1) is 0 Å². The summed E-state index contributed by atoms with van der Waals surface area (Å²) in [6, 6.07) is 10.2. The van der Waals surface area contributed by atoms with E-state index in [9.17, 15) is 9.59 Å². The van der Waals surface area contributed by atoms with E-state index >= 15 is 0 Å². The van der Waals surface area contributed by atoms with Gasteiger partial charge in [0.15, 0.2) is 0 Å². The summed E-state index contributed by atoms with van der Waals surface area (Å²) in [6.45, 7) is -1.75. The van der Waals surface area contributed by atoms with Crippen molar-refractivity contribution < 1.29 is 16.1 Å². The molecule has 0 bridgehead atoms. The van der Waals surface area contributed by atoms with Crippen LogP contribution in [0.15, 0.2) is 36.4 Å². The van der Waals surface area contributed by atoms with Gasteiger partial charge in [-0.25, -0.2) is 0 Å². The Morgan fingerprint density at radius 1 is 0.962 bits per heavy atom. The average Bonchev–Trinajstić information content (AvgIpc) is 3.60. The Balaban J connectivity index is 1.18. The van der Waals surface area contributed by atoms with Crippen LogP contribution < -0.4 is 0 Å². The molecule has 0 saturated carbocycles. The van der Waals surface area contributed by atoms with Gasteiger partial charge in [0.2, 0.25) is 0 Å². The standard InChI is InChI=1S/C14H11O.C9H11O.Fe/c15-14(13-8-4-5-9-13)11-10-12-6-2-1-3-7-12;1-2-5-9(10)8-6-3-4-7-8;/h1-11H;3-4,6-7H,2,5H2,1H3;. The topological polar surface area (TPSA) is 34.1 Å². The molecule has 10 saturated heterocycles. The molecule has 2 nitrogen and oxygen atoms in total. The average molecular weight is 386 g/mol. The summed E-state index contributed by atoms with van der Waals surface area (Å²) < 4.78 is 0.337. The van der Waals surface area contributed by atoms with Gasteiger partial charge in [0.1, 0.15) is 0 Å². The van der Waals surface area contributed by atoms with Crippen molar-refractivity contribution in [2.75, 3.05) is 0 Å². The maximum absolute atomic E-state index is 13.7. The van der Waals surface area contributed by atoms with Gasteiger partial charge >= 0.3 is 143 Å². The Morgan fingerprint density at radius 3 is 2.08 bits per heavy atom. The van der Waals surface area contributed by atoms with E-state index in [1.54, 1.807) is 0 Å². The molecule has 0 radical (unpaired) electrons. The summed E-state index contributed by atoms with van der Waals surface area (Å²) in [5.41, 5.74) is 1.13. The van der Waals surface area contributed by atoms with Crippen molar-refractivity contribution in [2.24, 2.45) is 0 Å². The number of rotatable bonds is 6. The molecule has 134 valence electrons. The molecule has 3 heteroatoms. The molecule has 10 aliphatic rings. The van der Waals surface area contributed by atoms with E-state index in [0.717, 1.165) is 56.9 Å². The van der Waals surface area contributed by atoms with Crippen LogP contribution in [0.25, 0.3) is 6.08 Å². The minimum absolute atomic E-state index is 0.128. The van der Waals surface area contributed by atoms with E-state index in [2.05, 4.69) is 25.1 Å². The molecule has 8 unspecified atom stereocenters. The predicted octanol–water partition coefficient (Wildman–Crippen LogP) is 5.77. The Labute approximate surface area is 142 Å². The summed E-state index contributed by atoms with van der Waals surface area (Å²) in [4.78, 5) is 34.5. The number of hydrogen-bond acceptors (Lipinski definition) is 2. The van der Waals surface area contributed by atoms with Crippen molar-refractivity contribution in [1.82, 2.24) is 0 Å². The molecule has 10 heterocycles. The number of hydrogen-bond donors (Lipinski definition) is 0. The zero-order valence-corrected chi connectivity index (χ0v) is 15.8. The SMILES string of the molecule is CCCC(=O)[C]12[CH]3[CH]4[CH]5[CH]1[Fe]45321678[CH]2[CH]1[CH]6[C]7(C(=O)C=Cc1ccccc1)[CH]28. The fourth-order valence-corrected chi connectivity index (χ4v) is 95.1. The van der Waals surface area contributed by atoms with E-state index in [4.69, 9.17) is 0 Å². The second-order valence-corrected chi connectivity index (χ2v) is 36.3. The normalized spacial score (nSPS) is 84.8. The van der Waals surface area contributed by atoms with Crippen molar-refractivity contribution in [2.45, 2.75) is 66.9 Å². The molecule has 1 spiro atoms. The number of allylic oxidation sites excluding steroid dienone is 1. The minimum atomic E-state index is -3.91. The number of Topliss-reactive ketones (excluding diaryl/α,β-unsaturated/α-hetero) is 1. The second kappa shape index (κ2) is 1.30. The van der Waals surface area contributed by atoms with Crippen LogP contribution in [0.4, 0.5) is 0 Å². The van der Waals surface area contributed by atoms with Crippen LogP contribution in [0.3, 0.4) is 0 Å². The predicted molar refractivity (Wildman–Crippen MR) is 95.8 cm³/mol. The first kappa shape index (κ1) is 11.6. The number of benzene rings is 1. The molecule has 10 fully saturated rings. The second-order valence-electron chi connectivity index (χ2n) is 13.1. The number of carbonyl (C=O) groups excluding carboxylic acids is 2. The van der Waals surface area contributed by atoms with Crippen LogP contribution in [-0.4, -0.2) is 11.6 Å². The van der Waals surface area contributed by atoms with Crippen molar-refractivity contribution in [1.29, 1.82) is 0 Å². The third kappa shape index (κ3) is 0.170.